The maximum atomic E-state index is 7.75. The van der Waals surface area contributed by atoms with Crippen LogP contribution < -0.4 is 17.2 Å². The molecule has 0 aromatic heterocycles. The molecule has 0 saturated carbocycles. The third kappa shape index (κ3) is 1360. The number of hydrogen-bond acceptors (Lipinski definition) is 15. The van der Waals surface area contributed by atoms with E-state index in [1.807, 2.05) is 0 Å². The Hall–Kier alpha value is -0.405. The van der Waals surface area contributed by atoms with Crippen molar-refractivity contribution in [3.63, 3.8) is 0 Å². The van der Waals surface area contributed by atoms with Crippen LogP contribution in [0.1, 0.15) is 0 Å². The van der Waals surface area contributed by atoms with Crippen LogP contribution in [0.5, 0.6) is 0 Å². The molecule has 0 aliphatic heterocycles. The Bertz CT molecular complexity index is 115. The lowest BCUT2D eigenvalue weighted by Crippen LogP contribution is -2.07. The normalized spacial score (nSPS) is 7.12. The average Bonchev–Trinajstić information content (AvgIpc) is 2.45. The molecule has 0 aliphatic rings. The Morgan fingerprint density at radius 3 is 0.458 bits per heavy atom. The summed E-state index contributed by atoms with van der Waals surface area (Å²) in [6, 6.07) is 0. The minimum Gasteiger partial charge on any atom is -0.402 e. The second-order valence-electron chi connectivity index (χ2n) is 2.58. The van der Waals surface area contributed by atoms with E-state index in [0.717, 1.165) is 0 Å². The van der Waals surface area contributed by atoms with Crippen LogP contribution in [0.2, 0.25) is 0 Å². The minimum atomic E-state index is -2.17. The van der Waals surface area contributed by atoms with Crippen molar-refractivity contribution < 1.29 is 60.5 Å². The third-order valence-electron chi connectivity index (χ3n) is 0.387. The van der Waals surface area contributed by atoms with Crippen LogP contribution in [0.15, 0.2) is 0 Å². The number of aliphatic hydroxyl groups is 3. The topological polar surface area (TPSA) is 321 Å². The highest BCUT2D eigenvalue weighted by atomic mass is 16.5. The lowest BCUT2D eigenvalue weighted by atomic mass is 10.3. The molecule has 18 N–H and O–H groups in total. The van der Waals surface area contributed by atoms with Gasteiger partial charge in [-0.05, 0) is 0 Å². The van der Waals surface area contributed by atoms with Gasteiger partial charge >= 0.3 is 22.0 Å². The van der Waals surface area contributed by atoms with Crippen LogP contribution in [0.3, 0.4) is 0 Å². The highest BCUT2D eigenvalue weighted by Gasteiger charge is 1.93. The molecule has 15 nitrogen and oxygen atoms in total. The highest BCUT2D eigenvalue weighted by molar-refractivity contribution is 6.31. The van der Waals surface area contributed by atoms with E-state index < -0.39 is 22.0 Å². The SMILES string of the molecule is NCCO.NCCO.NCCO.OB(O)O.OB(O)O.OB(O)O. The zero-order valence-electron chi connectivity index (χ0n) is 13.1. The van der Waals surface area contributed by atoms with Gasteiger partial charge in [0.25, 0.3) is 0 Å². The Morgan fingerprint density at radius 2 is 0.458 bits per heavy atom. The average molecular weight is 369 g/mol. The van der Waals surface area contributed by atoms with E-state index in [4.69, 9.17) is 77.7 Å². The van der Waals surface area contributed by atoms with E-state index in [2.05, 4.69) is 0 Å². The molecule has 0 aliphatic carbocycles. The minimum absolute atomic E-state index is 0.0972. The fraction of sp³-hybridized carbons (Fsp3) is 1.00. The Labute approximate surface area is 140 Å². The van der Waals surface area contributed by atoms with Gasteiger partial charge in [0.05, 0.1) is 19.8 Å². The van der Waals surface area contributed by atoms with Crippen LogP contribution >= 0.6 is 0 Å². The van der Waals surface area contributed by atoms with Crippen molar-refractivity contribution in [1.82, 2.24) is 0 Å². The van der Waals surface area contributed by atoms with Crippen molar-refractivity contribution in [2.75, 3.05) is 39.5 Å². The first-order valence-corrected chi connectivity index (χ1v) is 6.00. The summed E-state index contributed by atoms with van der Waals surface area (Å²) in [7, 11) is -6.50. The van der Waals surface area contributed by atoms with Gasteiger partial charge in [-0.25, -0.2) is 0 Å². The van der Waals surface area contributed by atoms with Gasteiger partial charge in [-0.15, -0.1) is 0 Å². The van der Waals surface area contributed by atoms with E-state index in [-0.39, 0.29) is 19.8 Å². The summed E-state index contributed by atoms with van der Waals surface area (Å²) in [6.07, 6.45) is 0. The van der Waals surface area contributed by atoms with Gasteiger partial charge in [-0.2, -0.15) is 0 Å². The molecule has 0 atom stereocenters. The monoisotopic (exact) mass is 369 g/mol. The molecule has 0 heterocycles. The standard InChI is InChI=1S/3C2H7NO.3BH3O3/c3*3-1-2-4;3*2-1(3)4/h3*4H,1-3H2;3*2-4H. The van der Waals surface area contributed by atoms with Crippen LogP contribution in [0.4, 0.5) is 0 Å². The fourth-order valence-corrected chi connectivity index (χ4v) is 0. The number of hydrogen-bond donors (Lipinski definition) is 15. The van der Waals surface area contributed by atoms with Crippen molar-refractivity contribution in [2.24, 2.45) is 17.2 Å². The smallest absolute Gasteiger partial charge is 0.402 e. The molecule has 0 bridgehead atoms. The van der Waals surface area contributed by atoms with Crippen molar-refractivity contribution in [3.8, 4) is 0 Å². The Balaban J connectivity index is -0.0000000405. The number of nitrogens with two attached hydrogens (primary N) is 3. The van der Waals surface area contributed by atoms with Gasteiger partial charge in [0, 0.05) is 19.6 Å². The predicted octanol–water partition coefficient (Wildman–Crippen LogP) is -9.34. The molecule has 0 aromatic rings. The molecule has 18 heteroatoms. The first-order chi connectivity index (χ1) is 10.9. The summed E-state index contributed by atoms with van der Waals surface area (Å²) in [5.74, 6) is 0. The van der Waals surface area contributed by atoms with Crippen molar-refractivity contribution in [3.05, 3.63) is 0 Å². The van der Waals surface area contributed by atoms with E-state index in [0.29, 0.717) is 19.6 Å². The summed E-state index contributed by atoms with van der Waals surface area (Å²) < 4.78 is 0. The number of rotatable bonds is 3. The van der Waals surface area contributed by atoms with E-state index in [9.17, 15) is 0 Å². The molecule has 0 rings (SSSR count). The van der Waals surface area contributed by atoms with Crippen molar-refractivity contribution in [2.45, 2.75) is 0 Å². The molecule has 0 saturated heterocycles. The largest absolute Gasteiger partial charge is 0.631 e. The predicted molar refractivity (Wildman–Crippen MR) is 85.7 cm³/mol. The Morgan fingerprint density at radius 1 is 0.417 bits per heavy atom. The lowest BCUT2D eigenvalue weighted by molar-refractivity contribution is 0.276. The van der Waals surface area contributed by atoms with Gasteiger partial charge in [-0.3, -0.25) is 0 Å². The van der Waals surface area contributed by atoms with E-state index in [1.54, 1.807) is 0 Å². The van der Waals surface area contributed by atoms with Crippen LogP contribution in [0, 0.1) is 0 Å². The van der Waals surface area contributed by atoms with Gasteiger partial charge in [0.15, 0.2) is 0 Å². The van der Waals surface area contributed by atoms with Crippen LogP contribution in [-0.2, 0) is 0 Å². The lowest BCUT2D eigenvalue weighted by Gasteiger charge is -1.71. The van der Waals surface area contributed by atoms with Gasteiger partial charge in [0.2, 0.25) is 0 Å². The van der Waals surface area contributed by atoms with Crippen LogP contribution in [0.25, 0.3) is 0 Å². The number of aliphatic hydroxyl groups excluding tert-OH is 3. The molecule has 24 heavy (non-hydrogen) atoms. The zero-order valence-corrected chi connectivity index (χ0v) is 13.1. The van der Waals surface area contributed by atoms with Crippen LogP contribution in [-0.4, -0.2) is 122 Å². The Kier molecular flexibility index (Phi) is 80.2. The first kappa shape index (κ1) is 38.9. The first-order valence-electron chi connectivity index (χ1n) is 6.00. The summed E-state index contributed by atoms with van der Waals surface area (Å²) in [5.41, 5.74) is 14.3. The maximum absolute atomic E-state index is 7.75. The summed E-state index contributed by atoms with van der Waals surface area (Å²) in [5, 5.41) is 87.8. The van der Waals surface area contributed by atoms with Crippen molar-refractivity contribution >= 4 is 22.0 Å². The molecule has 0 spiro atoms. The van der Waals surface area contributed by atoms with Gasteiger partial charge < -0.3 is 77.7 Å². The van der Waals surface area contributed by atoms with Crippen molar-refractivity contribution in [1.29, 1.82) is 0 Å². The zero-order chi connectivity index (χ0) is 21.0. The summed E-state index contributed by atoms with van der Waals surface area (Å²) in [6.45, 7) is 1.42. The molecule has 150 valence electrons. The quantitative estimate of drug-likeness (QED) is 0.205. The molecule has 0 fully saturated rings. The molecule has 0 aromatic carbocycles. The molecular weight excluding hydrogens is 339 g/mol. The highest BCUT2D eigenvalue weighted by Crippen LogP contribution is 1.41. The third-order valence-corrected chi connectivity index (χ3v) is 0.387. The summed E-state index contributed by atoms with van der Waals surface area (Å²) >= 11 is 0. The van der Waals surface area contributed by atoms with Gasteiger partial charge in [0.1, 0.15) is 0 Å². The second-order valence-corrected chi connectivity index (χ2v) is 2.58. The van der Waals surface area contributed by atoms with Gasteiger partial charge in [-0.1, -0.05) is 0 Å². The molecule has 0 amide bonds. The molecule has 0 radical (unpaired) electrons. The molecule has 0 unspecified atom stereocenters. The maximum Gasteiger partial charge on any atom is 0.631 e. The molecular formula is C6H30B3N3O12. The fourth-order valence-electron chi connectivity index (χ4n) is 0. The van der Waals surface area contributed by atoms with E-state index in [1.165, 1.54) is 0 Å². The van der Waals surface area contributed by atoms with E-state index >= 15 is 0 Å². The summed E-state index contributed by atoms with van der Waals surface area (Å²) in [4.78, 5) is 0. The second kappa shape index (κ2) is 49.5.